The van der Waals surface area contributed by atoms with Gasteiger partial charge in [0.2, 0.25) is 0 Å². The molecule has 0 atom stereocenters. The second kappa shape index (κ2) is 7.34. The lowest BCUT2D eigenvalue weighted by Gasteiger charge is -2.70. The minimum Gasteiger partial charge on any atom is -0.497 e. The first-order valence-corrected chi connectivity index (χ1v) is 9.76. The molecule has 3 aliphatic carbocycles. The average molecular weight is 418 g/mol. The van der Waals surface area contributed by atoms with Crippen molar-refractivity contribution in [3.8, 4) is 11.5 Å². The van der Waals surface area contributed by atoms with Crippen LogP contribution in [0.1, 0.15) is 36.0 Å². The number of halogens is 2. The van der Waals surface area contributed by atoms with Gasteiger partial charge in [-0.15, -0.1) is 0 Å². The number of hydrogen-bond acceptors (Lipinski definition) is 4. The lowest BCUT2D eigenvalue weighted by atomic mass is 9.38. The van der Waals surface area contributed by atoms with Crippen molar-refractivity contribution in [1.82, 2.24) is 5.32 Å². The summed E-state index contributed by atoms with van der Waals surface area (Å²) < 4.78 is 23.9. The predicted octanol–water partition coefficient (Wildman–Crippen LogP) is 4.18. The molecule has 0 aromatic heterocycles. The largest absolute Gasteiger partial charge is 0.497 e. The number of nitrogens with one attached hydrogen (secondary N) is 1. The molecule has 0 aliphatic heterocycles. The molecule has 3 fully saturated rings. The van der Waals surface area contributed by atoms with Crippen LogP contribution in [-0.2, 0) is 4.79 Å². The quantitative estimate of drug-likeness (QED) is 0.654. The lowest BCUT2D eigenvalue weighted by Crippen LogP contribution is -2.75. The molecule has 3 saturated carbocycles. The van der Waals surface area contributed by atoms with Gasteiger partial charge in [0.15, 0.2) is 12.4 Å². The Balaban J connectivity index is 1.24. The fourth-order valence-electron chi connectivity index (χ4n) is 4.60. The second-order valence-electron chi connectivity index (χ2n) is 8.06. The van der Waals surface area contributed by atoms with Gasteiger partial charge in [0.05, 0.1) is 12.1 Å². The Morgan fingerprint density at radius 1 is 1.14 bits per heavy atom. The van der Waals surface area contributed by atoms with Gasteiger partial charge in [0.1, 0.15) is 17.3 Å². The third kappa shape index (κ3) is 3.94. The second-order valence-corrected chi connectivity index (χ2v) is 8.46. The first-order valence-electron chi connectivity index (χ1n) is 9.38. The van der Waals surface area contributed by atoms with Crippen molar-refractivity contribution in [2.75, 3.05) is 13.7 Å². The Labute approximate surface area is 173 Å². The SMILES string of the molecule is COc1cccc(C(=O)CC23CC(NC(=O)COc4ccc(Cl)c(F)c4)(C2)C3)c1. The molecule has 152 valence electrons. The minimum atomic E-state index is -0.591. The normalized spacial score (nSPS) is 24.1. The number of benzene rings is 2. The van der Waals surface area contributed by atoms with E-state index in [0.717, 1.165) is 25.3 Å². The van der Waals surface area contributed by atoms with Crippen LogP contribution in [0, 0.1) is 11.2 Å². The minimum absolute atomic E-state index is 0.00413. The summed E-state index contributed by atoms with van der Waals surface area (Å²) in [6.07, 6.45) is 2.84. The fraction of sp³-hybridized carbons (Fsp3) is 0.364. The molecule has 1 N–H and O–H groups in total. The molecule has 0 saturated heterocycles. The maximum Gasteiger partial charge on any atom is 0.258 e. The van der Waals surface area contributed by atoms with Crippen LogP contribution in [0.3, 0.4) is 0 Å². The smallest absolute Gasteiger partial charge is 0.258 e. The number of carbonyl (C=O) groups is 2. The molecule has 3 aliphatic rings. The lowest BCUT2D eigenvalue weighted by molar-refractivity contribution is -0.164. The Bertz CT molecular complexity index is 957. The van der Waals surface area contributed by atoms with E-state index in [-0.39, 0.29) is 40.0 Å². The van der Waals surface area contributed by atoms with Crippen molar-refractivity contribution >= 4 is 23.3 Å². The zero-order valence-electron chi connectivity index (χ0n) is 16.0. The van der Waals surface area contributed by atoms with Gasteiger partial charge in [0, 0.05) is 23.6 Å². The maximum absolute atomic E-state index is 13.4. The van der Waals surface area contributed by atoms with E-state index in [0.29, 0.717) is 17.7 Å². The van der Waals surface area contributed by atoms with Crippen LogP contribution in [0.15, 0.2) is 42.5 Å². The van der Waals surface area contributed by atoms with Crippen molar-refractivity contribution in [3.05, 3.63) is 58.9 Å². The topological polar surface area (TPSA) is 64.6 Å². The molecule has 2 aromatic rings. The molecule has 2 aromatic carbocycles. The average Bonchev–Trinajstić information content (AvgIpc) is 2.66. The van der Waals surface area contributed by atoms with Crippen molar-refractivity contribution in [3.63, 3.8) is 0 Å². The Morgan fingerprint density at radius 3 is 2.59 bits per heavy atom. The summed E-state index contributed by atoms with van der Waals surface area (Å²) in [6, 6.07) is 11.2. The summed E-state index contributed by atoms with van der Waals surface area (Å²) in [5, 5.41) is 3.00. The van der Waals surface area contributed by atoms with Gasteiger partial charge < -0.3 is 14.8 Å². The molecule has 5 rings (SSSR count). The number of ether oxygens (including phenoxy) is 2. The van der Waals surface area contributed by atoms with E-state index in [1.165, 1.54) is 12.1 Å². The van der Waals surface area contributed by atoms with Crippen molar-refractivity contribution in [2.24, 2.45) is 5.41 Å². The monoisotopic (exact) mass is 417 g/mol. The zero-order chi connectivity index (χ0) is 20.6. The van der Waals surface area contributed by atoms with Crippen LogP contribution in [0.4, 0.5) is 4.39 Å². The number of carbonyl (C=O) groups excluding carboxylic acids is 2. The van der Waals surface area contributed by atoms with E-state index in [2.05, 4.69) is 5.32 Å². The number of hydrogen-bond donors (Lipinski definition) is 1. The number of amides is 1. The van der Waals surface area contributed by atoms with Crippen LogP contribution in [0.5, 0.6) is 11.5 Å². The van der Waals surface area contributed by atoms with E-state index in [4.69, 9.17) is 21.1 Å². The number of Topliss-reactive ketones (excluding diaryl/α,β-unsaturated/α-hetero) is 1. The first-order chi connectivity index (χ1) is 13.8. The van der Waals surface area contributed by atoms with E-state index in [9.17, 15) is 14.0 Å². The van der Waals surface area contributed by atoms with Crippen LogP contribution in [0.2, 0.25) is 5.02 Å². The van der Waals surface area contributed by atoms with E-state index < -0.39 is 5.82 Å². The van der Waals surface area contributed by atoms with Crippen LogP contribution in [-0.4, -0.2) is 30.9 Å². The molecule has 1 amide bonds. The van der Waals surface area contributed by atoms with Crippen molar-refractivity contribution in [1.29, 1.82) is 0 Å². The molecule has 5 nitrogen and oxygen atoms in total. The van der Waals surface area contributed by atoms with E-state index in [1.54, 1.807) is 19.2 Å². The number of rotatable bonds is 8. The highest BCUT2D eigenvalue weighted by atomic mass is 35.5. The highest BCUT2D eigenvalue weighted by molar-refractivity contribution is 6.30. The molecule has 0 radical (unpaired) electrons. The summed E-state index contributed by atoms with van der Waals surface area (Å²) >= 11 is 5.63. The standard InChI is InChI=1S/C22H21ClFNO4/c1-28-15-4-2-3-14(7-15)19(26)9-21-11-22(12-21,13-21)25-20(27)10-29-16-5-6-17(23)18(24)8-16/h2-8H,9-13H2,1H3,(H,25,27). The number of ketones is 1. The molecule has 0 spiro atoms. The first kappa shape index (κ1) is 19.7. The maximum atomic E-state index is 13.4. The highest BCUT2D eigenvalue weighted by Gasteiger charge is 2.68. The van der Waals surface area contributed by atoms with Gasteiger partial charge in [-0.05, 0) is 48.9 Å². The van der Waals surface area contributed by atoms with E-state index >= 15 is 0 Å². The molecule has 7 heteroatoms. The Kier molecular flexibility index (Phi) is 4.99. The van der Waals surface area contributed by atoms with Crippen LogP contribution >= 0.6 is 11.6 Å². The van der Waals surface area contributed by atoms with Crippen molar-refractivity contribution < 1.29 is 23.5 Å². The third-order valence-electron chi connectivity index (χ3n) is 5.73. The van der Waals surface area contributed by atoms with Gasteiger partial charge in [0.25, 0.3) is 5.91 Å². The summed E-state index contributed by atoms with van der Waals surface area (Å²) in [5.74, 6) is 0.161. The molecule has 2 bridgehead atoms. The molecule has 29 heavy (non-hydrogen) atoms. The van der Waals surface area contributed by atoms with Gasteiger partial charge >= 0.3 is 0 Å². The third-order valence-corrected chi connectivity index (χ3v) is 6.04. The predicted molar refractivity (Wildman–Crippen MR) is 106 cm³/mol. The van der Waals surface area contributed by atoms with Crippen LogP contribution in [0.25, 0.3) is 0 Å². The summed E-state index contributed by atoms with van der Waals surface area (Å²) in [6.45, 7) is -0.196. The van der Waals surface area contributed by atoms with Gasteiger partial charge in [-0.2, -0.15) is 0 Å². The molecular formula is C22H21ClFNO4. The summed E-state index contributed by atoms with van der Waals surface area (Å²) in [5.41, 5.74) is 0.393. The van der Waals surface area contributed by atoms with Gasteiger partial charge in [-0.3, -0.25) is 9.59 Å². The summed E-state index contributed by atoms with van der Waals surface area (Å²) in [7, 11) is 1.57. The Morgan fingerprint density at radius 2 is 1.90 bits per heavy atom. The summed E-state index contributed by atoms with van der Waals surface area (Å²) in [4.78, 5) is 24.8. The van der Waals surface area contributed by atoms with Crippen LogP contribution < -0.4 is 14.8 Å². The van der Waals surface area contributed by atoms with E-state index in [1.807, 2.05) is 12.1 Å². The molecular weight excluding hydrogens is 397 g/mol. The molecule has 0 unspecified atom stereocenters. The zero-order valence-corrected chi connectivity index (χ0v) is 16.7. The highest BCUT2D eigenvalue weighted by Crippen LogP contribution is 2.69. The van der Waals surface area contributed by atoms with Crippen molar-refractivity contribution in [2.45, 2.75) is 31.2 Å². The van der Waals surface area contributed by atoms with Gasteiger partial charge in [-0.1, -0.05) is 23.7 Å². The Hall–Kier alpha value is -2.60. The fourth-order valence-corrected chi connectivity index (χ4v) is 4.72. The molecule has 0 heterocycles. The number of methoxy groups -OCH3 is 1. The van der Waals surface area contributed by atoms with Gasteiger partial charge in [-0.25, -0.2) is 4.39 Å².